The molecule has 2 aromatic heterocycles. The van der Waals surface area contributed by atoms with Crippen LogP contribution in [0.2, 0.25) is 0 Å². The second kappa shape index (κ2) is 8.75. The molecule has 3 aliphatic rings. The lowest BCUT2D eigenvalue weighted by atomic mass is 9.84. The number of nitrogens with zero attached hydrogens (tertiary/aromatic N) is 3. The van der Waals surface area contributed by atoms with E-state index in [1.54, 1.807) is 17.0 Å². The number of ether oxygens (including phenoxy) is 3. The summed E-state index contributed by atoms with van der Waals surface area (Å²) < 4.78 is 33.1. The Labute approximate surface area is 199 Å². The van der Waals surface area contributed by atoms with Crippen LogP contribution >= 0.6 is 11.3 Å². The van der Waals surface area contributed by atoms with Crippen LogP contribution < -0.4 is 4.74 Å². The van der Waals surface area contributed by atoms with E-state index in [0.29, 0.717) is 54.4 Å². The van der Waals surface area contributed by atoms with Crippen LogP contribution in [0.3, 0.4) is 0 Å². The number of likely N-dealkylation sites (tertiary alicyclic amines) is 1. The Hall–Kier alpha value is -2.82. The van der Waals surface area contributed by atoms with Gasteiger partial charge in [-0.1, -0.05) is 12.1 Å². The van der Waals surface area contributed by atoms with Crippen LogP contribution in [0.5, 0.6) is 5.88 Å². The van der Waals surface area contributed by atoms with Crippen molar-refractivity contribution >= 4 is 27.6 Å². The molecule has 10 heteroatoms. The van der Waals surface area contributed by atoms with Gasteiger partial charge in [0, 0.05) is 41.4 Å². The van der Waals surface area contributed by atoms with E-state index in [2.05, 4.69) is 9.97 Å². The molecular formula is C24H24FN3O5S. The maximum absolute atomic E-state index is 14.7. The molecule has 2 unspecified atom stereocenters. The Bertz CT molecular complexity index is 1220. The van der Waals surface area contributed by atoms with Crippen LogP contribution in [0.15, 0.2) is 29.9 Å². The van der Waals surface area contributed by atoms with Crippen molar-refractivity contribution in [2.24, 2.45) is 11.8 Å². The fraction of sp³-hybridized carbons (Fsp3) is 0.458. The lowest BCUT2D eigenvalue weighted by Gasteiger charge is -2.45. The van der Waals surface area contributed by atoms with Crippen LogP contribution in [-0.4, -0.2) is 64.6 Å². The van der Waals surface area contributed by atoms with E-state index >= 15 is 0 Å². The number of fused-ring (bicyclic) bond motifs is 3. The molecule has 8 nitrogen and oxygen atoms in total. The van der Waals surface area contributed by atoms with E-state index in [1.165, 1.54) is 23.7 Å². The summed E-state index contributed by atoms with van der Waals surface area (Å²) in [6.07, 6.45) is 3.00. The summed E-state index contributed by atoms with van der Waals surface area (Å²) in [4.78, 5) is 23.1. The van der Waals surface area contributed by atoms with Gasteiger partial charge in [-0.25, -0.2) is 19.2 Å². The highest BCUT2D eigenvalue weighted by Crippen LogP contribution is 2.40. The Balaban J connectivity index is 1.25. The number of aliphatic hydroxyl groups is 1. The number of thiophene rings is 1. The standard InChI is InChI=1S/C24H24FN3O5S/c25-19-5-13(8-29)1-4-17(19)18-11-34-22-20(18)26-12-27-23(22)33-21-14-6-28(7-15(21)10-31-9-14)24(30)32-16-2-3-16/h1,4-5,11-12,14-16,21,29H,2-3,6-10H2. The van der Waals surface area contributed by atoms with Crippen molar-refractivity contribution < 1.29 is 28.5 Å². The molecule has 2 atom stereocenters. The van der Waals surface area contributed by atoms with Crippen molar-refractivity contribution in [1.82, 2.24) is 14.9 Å². The largest absolute Gasteiger partial charge is 0.472 e. The highest BCUT2D eigenvalue weighted by atomic mass is 32.1. The molecule has 3 aromatic rings. The van der Waals surface area contributed by atoms with Crippen molar-refractivity contribution in [3.8, 4) is 17.0 Å². The van der Waals surface area contributed by atoms with Crippen molar-refractivity contribution in [2.45, 2.75) is 31.7 Å². The molecule has 2 saturated heterocycles. The zero-order chi connectivity index (χ0) is 23.2. The van der Waals surface area contributed by atoms with Gasteiger partial charge in [0.15, 0.2) is 0 Å². The molecule has 0 radical (unpaired) electrons. The van der Waals surface area contributed by atoms with Gasteiger partial charge in [-0.2, -0.15) is 0 Å². The second-order valence-electron chi connectivity index (χ2n) is 9.11. The van der Waals surface area contributed by atoms with E-state index in [1.807, 2.05) is 5.38 Å². The minimum atomic E-state index is -0.413. The van der Waals surface area contributed by atoms with Crippen molar-refractivity contribution in [3.63, 3.8) is 0 Å². The van der Waals surface area contributed by atoms with E-state index in [0.717, 1.165) is 17.5 Å². The minimum Gasteiger partial charge on any atom is -0.472 e. The summed E-state index contributed by atoms with van der Waals surface area (Å²) in [5.74, 6) is 0.0633. The SMILES string of the molecule is O=C(OC1CC1)N1CC2COCC(C1)C2Oc1ncnc2c(-c3ccc(CO)cc3F)csc12. The lowest BCUT2D eigenvalue weighted by molar-refractivity contribution is -0.109. The summed E-state index contributed by atoms with van der Waals surface area (Å²) >= 11 is 1.41. The molecule has 1 amide bonds. The molecule has 1 N–H and O–H groups in total. The second-order valence-corrected chi connectivity index (χ2v) is 9.99. The predicted octanol–water partition coefficient (Wildman–Crippen LogP) is 3.61. The quantitative estimate of drug-likeness (QED) is 0.590. The predicted molar refractivity (Wildman–Crippen MR) is 122 cm³/mol. The fourth-order valence-electron chi connectivity index (χ4n) is 4.75. The molecule has 6 rings (SSSR count). The first-order valence-corrected chi connectivity index (χ1v) is 12.3. The van der Waals surface area contributed by atoms with Gasteiger partial charge in [0.2, 0.25) is 5.88 Å². The highest BCUT2D eigenvalue weighted by Gasteiger charge is 2.45. The summed E-state index contributed by atoms with van der Waals surface area (Å²) in [6.45, 7) is 1.81. The molecule has 1 aromatic carbocycles. The Morgan fingerprint density at radius 3 is 2.71 bits per heavy atom. The van der Waals surface area contributed by atoms with Crippen LogP contribution in [0.4, 0.5) is 9.18 Å². The average molecular weight is 486 g/mol. The van der Waals surface area contributed by atoms with Crippen LogP contribution in [-0.2, 0) is 16.1 Å². The molecule has 4 heterocycles. The molecule has 1 aliphatic carbocycles. The fourth-order valence-corrected chi connectivity index (χ4v) is 5.70. The van der Waals surface area contributed by atoms with Crippen molar-refractivity contribution in [3.05, 3.63) is 41.3 Å². The first-order valence-electron chi connectivity index (χ1n) is 11.4. The number of aromatic nitrogens is 2. The first kappa shape index (κ1) is 21.7. The van der Waals surface area contributed by atoms with E-state index in [9.17, 15) is 14.3 Å². The Morgan fingerprint density at radius 1 is 1.21 bits per heavy atom. The monoisotopic (exact) mass is 485 g/mol. The van der Waals surface area contributed by atoms with Gasteiger partial charge in [-0.15, -0.1) is 11.3 Å². The summed E-state index contributed by atoms with van der Waals surface area (Å²) in [6, 6.07) is 4.69. The summed E-state index contributed by atoms with van der Waals surface area (Å²) in [5, 5.41) is 11.1. The van der Waals surface area contributed by atoms with E-state index in [-0.39, 0.29) is 36.7 Å². The minimum absolute atomic E-state index is 0.00664. The number of benzene rings is 1. The van der Waals surface area contributed by atoms with E-state index < -0.39 is 5.82 Å². The number of aliphatic hydroxyl groups excluding tert-OH is 1. The number of halogens is 1. The lowest BCUT2D eigenvalue weighted by Crippen LogP contribution is -2.58. The van der Waals surface area contributed by atoms with Gasteiger partial charge in [-0.3, -0.25) is 0 Å². The van der Waals surface area contributed by atoms with Gasteiger partial charge < -0.3 is 24.2 Å². The molecule has 1 saturated carbocycles. The number of carbonyl (C=O) groups excluding carboxylic acids is 1. The molecule has 3 fully saturated rings. The third-order valence-corrected chi connectivity index (χ3v) is 7.59. The molecule has 34 heavy (non-hydrogen) atoms. The third kappa shape index (κ3) is 3.99. The molecule has 2 aliphatic heterocycles. The number of piperidine rings is 1. The summed E-state index contributed by atoms with van der Waals surface area (Å²) in [7, 11) is 0. The normalized spacial score (nSPS) is 24.3. The average Bonchev–Trinajstić information content (AvgIpc) is 3.54. The summed E-state index contributed by atoms with van der Waals surface area (Å²) in [5.41, 5.74) is 2.22. The van der Waals surface area contributed by atoms with Gasteiger partial charge >= 0.3 is 6.09 Å². The molecule has 2 bridgehead atoms. The number of rotatable bonds is 5. The molecule has 0 spiro atoms. The number of carbonyl (C=O) groups is 1. The number of amides is 1. The first-order chi connectivity index (χ1) is 16.6. The van der Waals surface area contributed by atoms with Crippen LogP contribution in [0.25, 0.3) is 21.3 Å². The number of hydrogen-bond acceptors (Lipinski definition) is 8. The number of hydrogen-bond donors (Lipinski definition) is 1. The van der Waals surface area contributed by atoms with Crippen molar-refractivity contribution in [1.29, 1.82) is 0 Å². The zero-order valence-corrected chi connectivity index (χ0v) is 19.2. The zero-order valence-electron chi connectivity index (χ0n) is 18.4. The molecular weight excluding hydrogens is 461 g/mol. The van der Waals surface area contributed by atoms with Crippen LogP contribution in [0.1, 0.15) is 18.4 Å². The highest BCUT2D eigenvalue weighted by molar-refractivity contribution is 7.18. The smallest absolute Gasteiger partial charge is 0.410 e. The van der Waals surface area contributed by atoms with Gasteiger partial charge in [0.25, 0.3) is 0 Å². The molecule has 178 valence electrons. The van der Waals surface area contributed by atoms with Gasteiger partial charge in [0.05, 0.1) is 25.3 Å². The van der Waals surface area contributed by atoms with Gasteiger partial charge in [-0.05, 0) is 24.5 Å². The third-order valence-electron chi connectivity index (χ3n) is 6.63. The Morgan fingerprint density at radius 2 is 2.00 bits per heavy atom. The van der Waals surface area contributed by atoms with E-state index in [4.69, 9.17) is 14.2 Å². The van der Waals surface area contributed by atoms with Crippen LogP contribution in [0, 0.1) is 17.7 Å². The maximum atomic E-state index is 14.7. The topological polar surface area (TPSA) is 94.0 Å². The maximum Gasteiger partial charge on any atom is 0.410 e. The van der Waals surface area contributed by atoms with Gasteiger partial charge in [0.1, 0.15) is 29.1 Å². The Kier molecular flexibility index (Phi) is 5.59. The van der Waals surface area contributed by atoms with Crippen molar-refractivity contribution in [2.75, 3.05) is 26.3 Å².